The average Bonchev–Trinajstić information content (AvgIpc) is 2.92. The smallest absolute Gasteiger partial charge is 0.311 e. The van der Waals surface area contributed by atoms with E-state index in [-0.39, 0.29) is 24.4 Å². The second-order valence-corrected chi connectivity index (χ2v) is 6.97. The zero-order chi connectivity index (χ0) is 19.6. The third kappa shape index (κ3) is 3.55. The van der Waals surface area contributed by atoms with E-state index in [4.69, 9.17) is 9.57 Å². The second-order valence-electron chi connectivity index (χ2n) is 6.97. The summed E-state index contributed by atoms with van der Waals surface area (Å²) >= 11 is 0. The number of piperidine rings is 1. The highest BCUT2D eigenvalue weighted by molar-refractivity contribution is 5.88. The van der Waals surface area contributed by atoms with Gasteiger partial charge in [0, 0.05) is 31.6 Å². The maximum absolute atomic E-state index is 13.9. The summed E-state index contributed by atoms with van der Waals surface area (Å²) < 4.78 is 32.8. The Morgan fingerprint density at radius 2 is 1.89 bits per heavy atom. The van der Waals surface area contributed by atoms with Gasteiger partial charge in [-0.3, -0.25) is 19.3 Å². The maximum atomic E-state index is 13.9. The van der Waals surface area contributed by atoms with E-state index in [1.807, 2.05) is 4.90 Å². The molecule has 0 radical (unpaired) electrons. The summed E-state index contributed by atoms with van der Waals surface area (Å²) in [7, 11) is 1.31. The fourth-order valence-corrected chi connectivity index (χ4v) is 4.17. The van der Waals surface area contributed by atoms with Gasteiger partial charge in [0.05, 0.1) is 25.2 Å². The molecular weight excluding hydrogens is 358 g/mol. The molecule has 1 aromatic carbocycles. The average molecular weight is 382 g/mol. The predicted octanol–water partition coefficient (Wildman–Crippen LogP) is 2.27. The highest BCUT2D eigenvalue weighted by Gasteiger charge is 2.58. The first-order valence-electron chi connectivity index (χ1n) is 9.12. The van der Waals surface area contributed by atoms with Crippen LogP contribution in [-0.2, 0) is 25.7 Å². The van der Waals surface area contributed by atoms with Gasteiger partial charge in [-0.15, -0.1) is 0 Å². The number of halogens is 2. The second kappa shape index (κ2) is 7.90. The molecule has 1 atom stereocenters. The van der Waals surface area contributed by atoms with Crippen molar-refractivity contribution >= 4 is 11.9 Å². The fourth-order valence-electron chi connectivity index (χ4n) is 4.17. The fraction of sp³-hybridized carbons (Fsp3) is 0.579. The van der Waals surface area contributed by atoms with E-state index in [9.17, 15) is 18.4 Å². The van der Waals surface area contributed by atoms with Crippen LogP contribution in [0.25, 0.3) is 0 Å². The van der Waals surface area contributed by atoms with Crippen molar-refractivity contribution in [2.45, 2.75) is 38.3 Å². The third-order valence-corrected chi connectivity index (χ3v) is 5.57. The van der Waals surface area contributed by atoms with Gasteiger partial charge < -0.3 is 4.74 Å². The van der Waals surface area contributed by atoms with Crippen LogP contribution < -0.4 is 0 Å². The van der Waals surface area contributed by atoms with Gasteiger partial charge in [-0.2, -0.15) is 0 Å². The molecule has 2 aliphatic heterocycles. The van der Waals surface area contributed by atoms with E-state index in [0.29, 0.717) is 32.5 Å². The molecule has 6 nitrogen and oxygen atoms in total. The van der Waals surface area contributed by atoms with Crippen LogP contribution in [0.4, 0.5) is 8.78 Å². The van der Waals surface area contributed by atoms with Crippen LogP contribution in [0.2, 0.25) is 0 Å². The quantitative estimate of drug-likeness (QED) is 0.732. The number of benzene rings is 1. The molecule has 2 heterocycles. The molecule has 0 aliphatic carbocycles. The Kier molecular flexibility index (Phi) is 5.76. The molecule has 0 saturated carbocycles. The van der Waals surface area contributed by atoms with Crippen molar-refractivity contribution in [1.82, 2.24) is 9.96 Å². The number of hydrogen-bond donors (Lipinski definition) is 0. The third-order valence-electron chi connectivity index (χ3n) is 5.57. The Balaban J connectivity index is 1.77. The van der Waals surface area contributed by atoms with Gasteiger partial charge >= 0.3 is 5.97 Å². The Morgan fingerprint density at radius 3 is 2.44 bits per heavy atom. The Hall–Kier alpha value is -2.06. The molecule has 0 bridgehead atoms. The highest BCUT2D eigenvalue weighted by Crippen LogP contribution is 2.44. The van der Waals surface area contributed by atoms with Gasteiger partial charge in [-0.1, -0.05) is 6.07 Å². The van der Waals surface area contributed by atoms with Gasteiger partial charge in [0.25, 0.3) is 0 Å². The molecule has 8 heteroatoms. The number of hydrogen-bond acceptors (Lipinski definition) is 5. The monoisotopic (exact) mass is 382 g/mol. The van der Waals surface area contributed by atoms with E-state index in [0.717, 1.165) is 0 Å². The lowest BCUT2D eigenvalue weighted by Gasteiger charge is -2.45. The SMILES string of the molecule is CCON1C(=O)CC(C(=O)OC)C12CCN(Cc1c(F)cccc1F)CC2. The molecule has 1 aromatic rings. The molecule has 1 spiro atoms. The normalized spacial score (nSPS) is 22.4. The molecule has 0 N–H and O–H groups in total. The topological polar surface area (TPSA) is 59.1 Å². The number of carbonyl (C=O) groups is 2. The number of esters is 1. The molecule has 27 heavy (non-hydrogen) atoms. The molecule has 1 amide bonds. The van der Waals surface area contributed by atoms with Gasteiger partial charge in [0.15, 0.2) is 0 Å². The van der Waals surface area contributed by atoms with Gasteiger partial charge in [0.1, 0.15) is 11.6 Å². The molecular formula is C19H24F2N2O4. The summed E-state index contributed by atoms with van der Waals surface area (Å²) in [5.41, 5.74) is -0.744. The van der Waals surface area contributed by atoms with Crippen LogP contribution in [0.15, 0.2) is 18.2 Å². The molecule has 0 aromatic heterocycles. The van der Waals surface area contributed by atoms with Crippen molar-refractivity contribution in [2.24, 2.45) is 5.92 Å². The zero-order valence-electron chi connectivity index (χ0n) is 15.5. The minimum atomic E-state index is -0.773. The molecule has 3 rings (SSSR count). The van der Waals surface area contributed by atoms with Crippen molar-refractivity contribution in [2.75, 3.05) is 26.8 Å². The van der Waals surface area contributed by atoms with Crippen LogP contribution in [0.3, 0.4) is 0 Å². The number of nitrogens with zero attached hydrogens (tertiary/aromatic N) is 2. The van der Waals surface area contributed by atoms with Gasteiger partial charge in [-0.05, 0) is 31.9 Å². The number of carbonyl (C=O) groups excluding carboxylic acids is 2. The number of methoxy groups -OCH3 is 1. The number of hydroxylamine groups is 2. The summed E-state index contributed by atoms with van der Waals surface area (Å²) in [5.74, 6) is -2.42. The van der Waals surface area contributed by atoms with E-state index in [1.54, 1.807) is 6.92 Å². The summed E-state index contributed by atoms with van der Waals surface area (Å²) in [6.07, 6.45) is 0.984. The van der Waals surface area contributed by atoms with Gasteiger partial charge in [-0.25, -0.2) is 13.8 Å². The standard InChI is InChI=1S/C19H24F2N2O4/c1-3-27-23-17(24)11-14(18(25)26-2)19(23)7-9-22(10-8-19)12-13-15(20)5-4-6-16(13)21/h4-6,14H,3,7-12H2,1-2H3. The van der Waals surface area contributed by atoms with E-state index < -0.39 is 29.1 Å². The minimum Gasteiger partial charge on any atom is -0.469 e. The first kappa shape index (κ1) is 19.7. The lowest BCUT2D eigenvalue weighted by atomic mass is 9.77. The molecule has 2 fully saturated rings. The van der Waals surface area contributed by atoms with E-state index in [1.165, 1.54) is 30.4 Å². The van der Waals surface area contributed by atoms with E-state index >= 15 is 0 Å². The molecule has 2 saturated heterocycles. The minimum absolute atomic E-state index is 0.0298. The highest BCUT2D eigenvalue weighted by atomic mass is 19.1. The number of rotatable bonds is 5. The molecule has 1 unspecified atom stereocenters. The Labute approximate surface area is 157 Å². The van der Waals surface area contributed by atoms with Crippen molar-refractivity contribution in [3.63, 3.8) is 0 Å². The summed E-state index contributed by atoms with van der Waals surface area (Å²) in [4.78, 5) is 32.2. The first-order valence-corrected chi connectivity index (χ1v) is 9.12. The van der Waals surface area contributed by atoms with Crippen molar-refractivity contribution < 1.29 is 27.9 Å². The van der Waals surface area contributed by atoms with Crippen LogP contribution in [0.5, 0.6) is 0 Å². The van der Waals surface area contributed by atoms with Crippen LogP contribution in [-0.4, -0.2) is 54.2 Å². The van der Waals surface area contributed by atoms with Gasteiger partial charge in [0.2, 0.25) is 5.91 Å². The summed E-state index contributed by atoms with van der Waals surface area (Å²) in [6, 6.07) is 3.82. The first-order chi connectivity index (χ1) is 12.9. The number of ether oxygens (including phenoxy) is 1. The van der Waals surface area contributed by atoms with Crippen LogP contribution >= 0.6 is 0 Å². The maximum Gasteiger partial charge on any atom is 0.311 e. The van der Waals surface area contributed by atoms with Crippen molar-refractivity contribution in [1.29, 1.82) is 0 Å². The zero-order valence-corrected chi connectivity index (χ0v) is 15.5. The number of amides is 1. The Bertz CT molecular complexity index is 699. The van der Waals surface area contributed by atoms with Crippen LogP contribution in [0, 0.1) is 17.6 Å². The predicted molar refractivity (Wildman–Crippen MR) is 92.2 cm³/mol. The largest absolute Gasteiger partial charge is 0.469 e. The van der Waals surface area contributed by atoms with Crippen LogP contribution in [0.1, 0.15) is 31.7 Å². The van der Waals surface area contributed by atoms with Crippen molar-refractivity contribution in [3.05, 3.63) is 35.4 Å². The number of likely N-dealkylation sites (tertiary alicyclic amines) is 1. The lowest BCUT2D eigenvalue weighted by molar-refractivity contribution is -0.221. The summed E-state index contributed by atoms with van der Waals surface area (Å²) in [6.45, 7) is 3.20. The molecule has 148 valence electrons. The van der Waals surface area contributed by atoms with Crippen molar-refractivity contribution in [3.8, 4) is 0 Å². The summed E-state index contributed by atoms with van der Waals surface area (Å²) in [5, 5.41) is 1.34. The lowest BCUT2D eigenvalue weighted by Crippen LogP contribution is -2.57. The van der Waals surface area contributed by atoms with E-state index in [2.05, 4.69) is 0 Å². The Morgan fingerprint density at radius 1 is 1.26 bits per heavy atom. The molecule has 2 aliphatic rings.